The molecule has 0 bridgehead atoms. The van der Waals surface area contributed by atoms with Crippen molar-refractivity contribution in [3.63, 3.8) is 0 Å². The molecule has 0 radical (unpaired) electrons. The third-order valence-electron chi connectivity index (χ3n) is 4.67. The summed E-state index contributed by atoms with van der Waals surface area (Å²) in [6, 6.07) is 11.3. The highest BCUT2D eigenvalue weighted by atomic mass is 19.4. The van der Waals surface area contributed by atoms with Gasteiger partial charge in [0, 0.05) is 25.2 Å². The van der Waals surface area contributed by atoms with E-state index in [9.17, 15) is 22.8 Å². The van der Waals surface area contributed by atoms with Crippen LogP contribution in [0.3, 0.4) is 0 Å². The molecule has 2 heterocycles. The van der Waals surface area contributed by atoms with Crippen LogP contribution in [0.2, 0.25) is 0 Å². The van der Waals surface area contributed by atoms with Gasteiger partial charge in [0.15, 0.2) is 0 Å². The number of rotatable bonds is 3. The molecule has 7 nitrogen and oxygen atoms in total. The first-order valence-electron chi connectivity index (χ1n) is 8.83. The Morgan fingerprint density at radius 2 is 1.90 bits per heavy atom. The zero-order chi connectivity index (χ0) is 21.6. The van der Waals surface area contributed by atoms with Crippen molar-refractivity contribution in [2.75, 3.05) is 19.0 Å². The second kappa shape index (κ2) is 6.97. The van der Waals surface area contributed by atoms with E-state index < -0.39 is 12.1 Å². The van der Waals surface area contributed by atoms with Gasteiger partial charge < -0.3 is 14.3 Å². The van der Waals surface area contributed by atoms with Crippen molar-refractivity contribution >= 4 is 17.5 Å². The number of anilines is 1. The molecule has 1 aromatic heterocycles. The summed E-state index contributed by atoms with van der Waals surface area (Å²) in [5, 5.41) is 3.36. The van der Waals surface area contributed by atoms with E-state index in [2.05, 4.69) is 14.7 Å². The van der Waals surface area contributed by atoms with Crippen molar-refractivity contribution in [1.29, 1.82) is 0 Å². The van der Waals surface area contributed by atoms with Gasteiger partial charge in [0.25, 0.3) is 11.8 Å². The fourth-order valence-corrected chi connectivity index (χ4v) is 3.22. The van der Waals surface area contributed by atoms with Gasteiger partial charge in [-0.25, -0.2) is 0 Å². The Kier molecular flexibility index (Phi) is 4.56. The molecular formula is C20H15F3N4O3. The van der Waals surface area contributed by atoms with Gasteiger partial charge in [-0.3, -0.25) is 9.59 Å². The summed E-state index contributed by atoms with van der Waals surface area (Å²) in [5.41, 5.74) is 2.03. The number of aromatic nitrogens is 2. The molecule has 0 saturated heterocycles. The fourth-order valence-electron chi connectivity index (χ4n) is 3.22. The SMILES string of the molecule is CN(C)C(=O)c1ccccc1N1Cc2ccc(-c3noc(C(F)(F)F)n3)cc2C1=O. The number of benzene rings is 2. The van der Waals surface area contributed by atoms with Crippen LogP contribution in [0, 0.1) is 0 Å². The predicted molar refractivity (Wildman–Crippen MR) is 99.7 cm³/mol. The Morgan fingerprint density at radius 3 is 2.57 bits per heavy atom. The van der Waals surface area contributed by atoms with E-state index in [1.54, 1.807) is 44.4 Å². The Morgan fingerprint density at radius 1 is 1.17 bits per heavy atom. The lowest BCUT2D eigenvalue weighted by Crippen LogP contribution is -2.28. The van der Waals surface area contributed by atoms with Crippen LogP contribution in [0.5, 0.6) is 0 Å². The van der Waals surface area contributed by atoms with Crippen LogP contribution in [0.15, 0.2) is 47.0 Å². The second-order valence-electron chi connectivity index (χ2n) is 6.90. The third kappa shape index (κ3) is 3.30. The van der Waals surface area contributed by atoms with Crippen molar-refractivity contribution in [3.8, 4) is 11.4 Å². The van der Waals surface area contributed by atoms with E-state index in [1.165, 1.54) is 21.9 Å². The number of nitrogens with zero attached hydrogens (tertiary/aromatic N) is 4. The van der Waals surface area contributed by atoms with E-state index in [-0.39, 0.29) is 29.7 Å². The maximum atomic E-state index is 13.0. The van der Waals surface area contributed by atoms with E-state index >= 15 is 0 Å². The fraction of sp³-hybridized carbons (Fsp3) is 0.200. The number of hydrogen-bond donors (Lipinski definition) is 0. The zero-order valence-electron chi connectivity index (χ0n) is 15.9. The summed E-state index contributed by atoms with van der Waals surface area (Å²) in [6.07, 6.45) is -4.75. The monoisotopic (exact) mass is 416 g/mol. The molecule has 10 heteroatoms. The van der Waals surface area contributed by atoms with Gasteiger partial charge in [0.1, 0.15) is 0 Å². The summed E-state index contributed by atoms with van der Waals surface area (Å²) in [5.74, 6) is -2.34. The Hall–Kier alpha value is -3.69. The van der Waals surface area contributed by atoms with Crippen molar-refractivity contribution in [2.24, 2.45) is 0 Å². The molecule has 0 spiro atoms. The predicted octanol–water partition coefficient (Wildman–Crippen LogP) is 3.62. The van der Waals surface area contributed by atoms with Gasteiger partial charge in [-0.2, -0.15) is 18.2 Å². The van der Waals surface area contributed by atoms with E-state index in [1.807, 2.05) is 0 Å². The van der Waals surface area contributed by atoms with Crippen LogP contribution in [-0.4, -0.2) is 41.0 Å². The van der Waals surface area contributed by atoms with Crippen molar-refractivity contribution in [3.05, 3.63) is 65.0 Å². The summed E-state index contributed by atoms with van der Waals surface area (Å²) in [6.45, 7) is 0.228. The van der Waals surface area contributed by atoms with E-state index in [0.717, 1.165) is 0 Å². The van der Waals surface area contributed by atoms with Gasteiger partial charge >= 0.3 is 12.1 Å². The number of para-hydroxylation sites is 1. The third-order valence-corrected chi connectivity index (χ3v) is 4.67. The molecule has 4 rings (SSSR count). The number of carbonyl (C=O) groups excluding carboxylic acids is 2. The molecule has 0 unspecified atom stereocenters. The van der Waals surface area contributed by atoms with Crippen LogP contribution >= 0.6 is 0 Å². The van der Waals surface area contributed by atoms with Crippen molar-refractivity contribution in [2.45, 2.75) is 12.7 Å². The Bertz CT molecular complexity index is 1150. The van der Waals surface area contributed by atoms with Crippen LogP contribution < -0.4 is 4.90 Å². The summed E-state index contributed by atoms with van der Waals surface area (Å²) < 4.78 is 42.4. The first kappa shape index (κ1) is 19.6. The van der Waals surface area contributed by atoms with Crippen LogP contribution in [0.1, 0.15) is 32.2 Å². The lowest BCUT2D eigenvalue weighted by atomic mass is 10.1. The standard InChI is InChI=1S/C20H15F3N4O3/c1-26(2)17(28)13-5-3-4-6-15(13)27-10-12-8-7-11(9-14(12)18(27)29)16-24-19(30-25-16)20(21,22)23/h3-9H,10H2,1-2H3. The minimum atomic E-state index is -4.75. The quantitative estimate of drug-likeness (QED) is 0.652. The van der Waals surface area contributed by atoms with Gasteiger partial charge in [-0.05, 0) is 23.8 Å². The maximum Gasteiger partial charge on any atom is 0.471 e. The van der Waals surface area contributed by atoms with E-state index in [0.29, 0.717) is 22.4 Å². The molecule has 0 N–H and O–H groups in total. The molecule has 0 atom stereocenters. The topological polar surface area (TPSA) is 79.5 Å². The molecule has 2 aromatic carbocycles. The first-order chi connectivity index (χ1) is 14.2. The molecular weight excluding hydrogens is 401 g/mol. The molecule has 154 valence electrons. The van der Waals surface area contributed by atoms with Gasteiger partial charge in [0.2, 0.25) is 5.82 Å². The van der Waals surface area contributed by atoms with Crippen molar-refractivity contribution in [1.82, 2.24) is 15.0 Å². The highest BCUT2D eigenvalue weighted by molar-refractivity contribution is 6.13. The lowest BCUT2D eigenvalue weighted by molar-refractivity contribution is -0.159. The molecule has 2 amide bonds. The van der Waals surface area contributed by atoms with Crippen LogP contribution in [-0.2, 0) is 12.7 Å². The maximum absolute atomic E-state index is 13.0. The summed E-state index contributed by atoms with van der Waals surface area (Å²) >= 11 is 0. The molecule has 1 aliphatic rings. The first-order valence-corrected chi connectivity index (χ1v) is 8.83. The minimum absolute atomic E-state index is 0.223. The van der Waals surface area contributed by atoms with Gasteiger partial charge in [-0.15, -0.1) is 0 Å². The van der Waals surface area contributed by atoms with E-state index in [4.69, 9.17) is 0 Å². The number of fused-ring (bicyclic) bond motifs is 1. The lowest BCUT2D eigenvalue weighted by Gasteiger charge is -2.21. The normalized spacial score (nSPS) is 13.5. The van der Waals surface area contributed by atoms with Crippen LogP contribution in [0.4, 0.5) is 18.9 Å². The molecule has 0 aliphatic carbocycles. The average Bonchev–Trinajstić information content (AvgIpc) is 3.32. The number of hydrogen-bond acceptors (Lipinski definition) is 5. The van der Waals surface area contributed by atoms with Gasteiger partial charge in [0.05, 0.1) is 17.8 Å². The molecule has 1 aliphatic heterocycles. The Balaban J connectivity index is 1.69. The second-order valence-corrected chi connectivity index (χ2v) is 6.90. The zero-order valence-corrected chi connectivity index (χ0v) is 15.9. The number of carbonyl (C=O) groups is 2. The summed E-state index contributed by atoms with van der Waals surface area (Å²) in [7, 11) is 3.23. The van der Waals surface area contributed by atoms with Crippen molar-refractivity contribution < 1.29 is 27.3 Å². The van der Waals surface area contributed by atoms with Crippen LogP contribution in [0.25, 0.3) is 11.4 Å². The Labute approximate surface area is 168 Å². The smallest absolute Gasteiger partial charge is 0.345 e. The van der Waals surface area contributed by atoms with Gasteiger partial charge in [-0.1, -0.05) is 29.4 Å². The highest BCUT2D eigenvalue weighted by Gasteiger charge is 2.39. The largest absolute Gasteiger partial charge is 0.471 e. The molecule has 3 aromatic rings. The molecule has 0 fully saturated rings. The minimum Gasteiger partial charge on any atom is -0.345 e. The number of halogens is 3. The number of amides is 2. The highest BCUT2D eigenvalue weighted by Crippen LogP contribution is 2.34. The summed E-state index contributed by atoms with van der Waals surface area (Å²) in [4.78, 5) is 31.8. The average molecular weight is 416 g/mol. The number of alkyl halides is 3. The molecule has 30 heavy (non-hydrogen) atoms. The molecule has 0 saturated carbocycles.